The summed E-state index contributed by atoms with van der Waals surface area (Å²) in [6.45, 7) is 3.74. The van der Waals surface area contributed by atoms with Crippen LogP contribution in [0.1, 0.15) is 34.9 Å². The van der Waals surface area contributed by atoms with Crippen molar-refractivity contribution in [2.75, 3.05) is 0 Å². The number of aromatic nitrogens is 4. The van der Waals surface area contributed by atoms with E-state index in [0.29, 0.717) is 22.4 Å². The Kier molecular flexibility index (Phi) is 4.89. The fraction of sp³-hybridized carbons (Fsp3) is 0.294. The van der Waals surface area contributed by atoms with E-state index in [0.717, 1.165) is 10.1 Å². The fourth-order valence-electron chi connectivity index (χ4n) is 2.43. The SMILES string of the molecule is Cc1[nH]c(=O)n(C)c(=O)c1Cc1nnc(SC(C)c2ccccc2)o1. The van der Waals surface area contributed by atoms with E-state index in [4.69, 9.17) is 4.42 Å². The third-order valence-electron chi connectivity index (χ3n) is 3.94. The van der Waals surface area contributed by atoms with E-state index in [1.165, 1.54) is 18.8 Å². The Hall–Kier alpha value is -2.61. The van der Waals surface area contributed by atoms with Crippen molar-refractivity contribution < 1.29 is 4.42 Å². The Morgan fingerprint density at radius 1 is 1.24 bits per heavy atom. The summed E-state index contributed by atoms with van der Waals surface area (Å²) >= 11 is 1.46. The summed E-state index contributed by atoms with van der Waals surface area (Å²) in [5.41, 5.74) is 1.32. The second kappa shape index (κ2) is 7.10. The number of aryl methyl sites for hydroxylation is 1. The minimum atomic E-state index is -0.440. The summed E-state index contributed by atoms with van der Waals surface area (Å²) in [5.74, 6) is 0.343. The molecule has 0 bridgehead atoms. The van der Waals surface area contributed by atoms with Gasteiger partial charge in [0.1, 0.15) is 0 Å². The highest BCUT2D eigenvalue weighted by Gasteiger charge is 2.16. The standard InChI is InChI=1S/C17H18N4O3S/c1-10-13(15(22)21(3)16(23)18-10)9-14-19-20-17(24-14)25-11(2)12-7-5-4-6-8-12/h4-8,11H,9H2,1-3H3,(H,18,23). The van der Waals surface area contributed by atoms with Crippen LogP contribution in [-0.2, 0) is 13.5 Å². The summed E-state index contributed by atoms with van der Waals surface area (Å²) in [4.78, 5) is 26.5. The van der Waals surface area contributed by atoms with Gasteiger partial charge in [0.05, 0.1) is 6.42 Å². The monoisotopic (exact) mass is 358 g/mol. The molecule has 7 nitrogen and oxygen atoms in total. The van der Waals surface area contributed by atoms with Crippen LogP contribution in [0.15, 0.2) is 49.6 Å². The molecule has 130 valence electrons. The lowest BCUT2D eigenvalue weighted by Gasteiger charge is -2.07. The molecule has 1 aromatic carbocycles. The highest BCUT2D eigenvalue weighted by atomic mass is 32.2. The zero-order chi connectivity index (χ0) is 18.0. The van der Waals surface area contributed by atoms with Crippen LogP contribution in [0.3, 0.4) is 0 Å². The van der Waals surface area contributed by atoms with Gasteiger partial charge in [-0.15, -0.1) is 10.2 Å². The Labute approximate surface area is 148 Å². The minimum Gasteiger partial charge on any atom is -0.416 e. The smallest absolute Gasteiger partial charge is 0.328 e. The van der Waals surface area contributed by atoms with Crippen LogP contribution in [0, 0.1) is 6.92 Å². The summed E-state index contributed by atoms with van der Waals surface area (Å²) in [5, 5.41) is 8.67. The van der Waals surface area contributed by atoms with Crippen molar-refractivity contribution in [3.63, 3.8) is 0 Å². The Balaban J connectivity index is 1.78. The van der Waals surface area contributed by atoms with Gasteiger partial charge in [0.25, 0.3) is 10.8 Å². The van der Waals surface area contributed by atoms with E-state index in [1.807, 2.05) is 30.3 Å². The molecule has 1 atom stereocenters. The molecule has 0 aliphatic carbocycles. The van der Waals surface area contributed by atoms with E-state index < -0.39 is 5.69 Å². The van der Waals surface area contributed by atoms with Crippen molar-refractivity contribution in [2.45, 2.75) is 30.7 Å². The molecule has 0 radical (unpaired) electrons. The number of rotatable bonds is 5. The molecule has 1 unspecified atom stereocenters. The van der Waals surface area contributed by atoms with Crippen LogP contribution in [0.25, 0.3) is 0 Å². The van der Waals surface area contributed by atoms with Crippen molar-refractivity contribution in [3.8, 4) is 0 Å². The second-order valence-corrected chi connectivity index (χ2v) is 7.00. The molecular formula is C17H18N4O3S. The van der Waals surface area contributed by atoms with Crippen molar-refractivity contribution in [1.29, 1.82) is 0 Å². The molecule has 0 aliphatic rings. The maximum Gasteiger partial charge on any atom is 0.328 e. The lowest BCUT2D eigenvalue weighted by atomic mass is 10.2. The summed E-state index contributed by atoms with van der Waals surface area (Å²) in [7, 11) is 1.43. The minimum absolute atomic E-state index is 0.164. The number of nitrogens with zero attached hydrogens (tertiary/aromatic N) is 3. The first kappa shape index (κ1) is 17.2. The maximum atomic E-state index is 12.2. The lowest BCUT2D eigenvalue weighted by Crippen LogP contribution is -2.36. The molecule has 8 heteroatoms. The molecule has 3 rings (SSSR count). The fourth-order valence-corrected chi connectivity index (χ4v) is 3.26. The van der Waals surface area contributed by atoms with Gasteiger partial charge >= 0.3 is 5.69 Å². The van der Waals surface area contributed by atoms with Gasteiger partial charge in [-0.05, 0) is 19.4 Å². The largest absolute Gasteiger partial charge is 0.416 e. The van der Waals surface area contributed by atoms with E-state index in [2.05, 4.69) is 22.1 Å². The van der Waals surface area contributed by atoms with E-state index in [-0.39, 0.29) is 17.2 Å². The number of hydrogen-bond donors (Lipinski definition) is 1. The summed E-state index contributed by atoms with van der Waals surface area (Å²) in [6.07, 6.45) is 0.183. The predicted molar refractivity (Wildman–Crippen MR) is 94.9 cm³/mol. The number of thioether (sulfide) groups is 1. The quantitative estimate of drug-likeness (QED) is 0.703. The molecule has 1 N–H and O–H groups in total. The molecule has 0 aliphatic heterocycles. The van der Waals surface area contributed by atoms with Crippen LogP contribution < -0.4 is 11.2 Å². The molecule has 0 saturated carbocycles. The summed E-state index contributed by atoms with van der Waals surface area (Å²) < 4.78 is 6.69. The molecule has 3 aromatic rings. The first-order chi connectivity index (χ1) is 12.0. The Morgan fingerprint density at radius 2 is 1.96 bits per heavy atom. The average Bonchev–Trinajstić information content (AvgIpc) is 3.04. The Bertz CT molecular complexity index is 991. The first-order valence-electron chi connectivity index (χ1n) is 7.78. The highest BCUT2D eigenvalue weighted by Crippen LogP contribution is 2.33. The lowest BCUT2D eigenvalue weighted by molar-refractivity contribution is 0.418. The van der Waals surface area contributed by atoms with Gasteiger partial charge in [0.15, 0.2) is 0 Å². The van der Waals surface area contributed by atoms with Gasteiger partial charge < -0.3 is 9.40 Å². The molecule has 0 fully saturated rings. The molecule has 2 heterocycles. The Morgan fingerprint density at radius 3 is 2.68 bits per heavy atom. The number of aromatic amines is 1. The predicted octanol–water partition coefficient (Wildman–Crippen LogP) is 2.21. The first-order valence-corrected chi connectivity index (χ1v) is 8.66. The van der Waals surface area contributed by atoms with Crippen LogP contribution in [0.2, 0.25) is 0 Å². The third-order valence-corrected chi connectivity index (χ3v) is 4.93. The normalized spacial score (nSPS) is 12.3. The van der Waals surface area contributed by atoms with Crippen molar-refractivity contribution in [3.05, 3.63) is 73.9 Å². The highest BCUT2D eigenvalue weighted by molar-refractivity contribution is 7.99. The van der Waals surface area contributed by atoms with Gasteiger partial charge in [0, 0.05) is 23.6 Å². The second-order valence-electron chi connectivity index (χ2n) is 5.71. The molecule has 0 spiro atoms. The number of H-pyrrole nitrogens is 1. The van der Waals surface area contributed by atoms with Crippen molar-refractivity contribution in [2.24, 2.45) is 7.05 Å². The molecular weight excluding hydrogens is 340 g/mol. The topological polar surface area (TPSA) is 93.8 Å². The van der Waals surface area contributed by atoms with E-state index >= 15 is 0 Å². The molecule has 0 amide bonds. The van der Waals surface area contributed by atoms with Crippen LogP contribution in [0.4, 0.5) is 0 Å². The zero-order valence-electron chi connectivity index (χ0n) is 14.1. The molecule has 2 aromatic heterocycles. The number of nitrogens with one attached hydrogen (secondary N) is 1. The molecule has 25 heavy (non-hydrogen) atoms. The van der Waals surface area contributed by atoms with Crippen LogP contribution >= 0.6 is 11.8 Å². The van der Waals surface area contributed by atoms with E-state index in [1.54, 1.807) is 6.92 Å². The third kappa shape index (κ3) is 3.74. The van der Waals surface area contributed by atoms with Gasteiger partial charge in [-0.2, -0.15) is 0 Å². The number of hydrogen-bond acceptors (Lipinski definition) is 6. The van der Waals surface area contributed by atoms with E-state index in [9.17, 15) is 9.59 Å². The maximum absolute atomic E-state index is 12.2. The van der Waals surface area contributed by atoms with Gasteiger partial charge in [0.2, 0.25) is 5.89 Å². The zero-order valence-corrected chi connectivity index (χ0v) is 15.0. The summed E-state index contributed by atoms with van der Waals surface area (Å²) in [6, 6.07) is 10.0. The van der Waals surface area contributed by atoms with Crippen LogP contribution in [0.5, 0.6) is 0 Å². The van der Waals surface area contributed by atoms with Gasteiger partial charge in [-0.25, -0.2) is 4.79 Å². The van der Waals surface area contributed by atoms with Gasteiger partial charge in [-0.3, -0.25) is 9.36 Å². The van der Waals surface area contributed by atoms with Crippen molar-refractivity contribution in [1.82, 2.24) is 19.7 Å². The van der Waals surface area contributed by atoms with Crippen molar-refractivity contribution >= 4 is 11.8 Å². The number of benzene rings is 1. The van der Waals surface area contributed by atoms with Gasteiger partial charge in [-0.1, -0.05) is 42.1 Å². The van der Waals surface area contributed by atoms with Crippen LogP contribution in [-0.4, -0.2) is 19.7 Å². The molecule has 0 saturated heterocycles. The average molecular weight is 358 g/mol.